The summed E-state index contributed by atoms with van der Waals surface area (Å²) < 4.78 is 9.56. The van der Waals surface area contributed by atoms with Crippen molar-refractivity contribution in [2.24, 2.45) is 4.99 Å². The van der Waals surface area contributed by atoms with Crippen LogP contribution in [0.4, 0.5) is 11.4 Å². The molecule has 16 heteroatoms. The van der Waals surface area contributed by atoms with Crippen molar-refractivity contribution < 1.29 is 59.9 Å². The highest BCUT2D eigenvalue weighted by Crippen LogP contribution is 2.49. The molecular weight excluding hydrogens is 608 g/mol. The number of carbonyl (C=O) groups excluding carboxylic acids is 2. The van der Waals surface area contributed by atoms with Gasteiger partial charge in [0.15, 0.2) is 0 Å². The van der Waals surface area contributed by atoms with Gasteiger partial charge in [-0.05, 0) is 30.3 Å². The summed E-state index contributed by atoms with van der Waals surface area (Å²) in [4.78, 5) is 37.8. The Labute approximate surface area is 257 Å². The van der Waals surface area contributed by atoms with Gasteiger partial charge in [0.05, 0.1) is 60.9 Å². The Kier molecular flexibility index (Phi) is 7.01. The molecule has 6 rings (SSSR count). The summed E-state index contributed by atoms with van der Waals surface area (Å²) >= 11 is 0. The van der Waals surface area contributed by atoms with Crippen LogP contribution in [0.5, 0.6) is 17.2 Å². The number of methoxy groups -OCH3 is 2. The summed E-state index contributed by atoms with van der Waals surface area (Å²) in [6.07, 6.45) is 0. The first kappa shape index (κ1) is 30.2. The van der Waals surface area contributed by atoms with Gasteiger partial charge in [0.2, 0.25) is 5.79 Å². The smallest absolute Gasteiger partial charge is 0.340 e. The van der Waals surface area contributed by atoms with Crippen LogP contribution in [-0.4, -0.2) is 95.1 Å². The second kappa shape index (κ2) is 10.7. The van der Waals surface area contributed by atoms with E-state index in [-0.39, 0.29) is 67.2 Å². The van der Waals surface area contributed by atoms with Gasteiger partial charge in [-0.25, -0.2) is 24.5 Å². The summed E-state index contributed by atoms with van der Waals surface area (Å²) in [5.74, 6) is -7.49. The quantitative estimate of drug-likeness (QED) is 0.0651. The van der Waals surface area contributed by atoms with E-state index in [1.165, 1.54) is 18.2 Å². The van der Waals surface area contributed by atoms with E-state index in [2.05, 4.69) is 20.3 Å². The van der Waals surface area contributed by atoms with Crippen molar-refractivity contribution in [2.75, 3.05) is 26.1 Å². The van der Waals surface area contributed by atoms with E-state index in [4.69, 9.17) is 9.47 Å². The number of esters is 2. The highest BCUT2D eigenvalue weighted by Gasteiger charge is 2.49. The average molecular weight is 633 g/mol. The lowest BCUT2D eigenvalue weighted by molar-refractivity contribution is -0.0481. The van der Waals surface area contributed by atoms with Gasteiger partial charge in [-0.2, -0.15) is 0 Å². The van der Waals surface area contributed by atoms with E-state index in [9.17, 15) is 50.4 Å². The van der Waals surface area contributed by atoms with Crippen molar-refractivity contribution >= 4 is 56.7 Å². The van der Waals surface area contributed by atoms with Gasteiger partial charge in [0.25, 0.3) is 0 Å². The highest BCUT2D eigenvalue weighted by molar-refractivity contribution is 6.22. The number of nitrogens with zero attached hydrogens (tertiary/aromatic N) is 3. The summed E-state index contributed by atoms with van der Waals surface area (Å²) in [6.45, 7) is -1.82. The molecule has 0 radical (unpaired) electrons. The number of anilines is 1. The number of fused-ring (bicyclic) bond motifs is 4. The fraction of sp³-hybridized carbons (Fsp3) is 0.167. The molecule has 0 amide bonds. The van der Waals surface area contributed by atoms with E-state index in [0.29, 0.717) is 0 Å². The molecule has 0 saturated carbocycles. The molecule has 2 heterocycles. The molecule has 0 spiro atoms. The Morgan fingerprint density at radius 1 is 0.848 bits per heavy atom. The van der Waals surface area contributed by atoms with E-state index < -0.39 is 65.0 Å². The first-order valence-corrected chi connectivity index (χ1v) is 13.3. The van der Waals surface area contributed by atoms with E-state index in [1.54, 1.807) is 0 Å². The molecule has 0 bridgehead atoms. The molecule has 0 fully saturated rings. The predicted octanol–water partition coefficient (Wildman–Crippen LogP) is 1.37. The average Bonchev–Trinajstić information content (AvgIpc) is 3.04. The lowest BCUT2D eigenvalue weighted by Gasteiger charge is -2.37. The van der Waals surface area contributed by atoms with Gasteiger partial charge >= 0.3 is 11.9 Å². The molecule has 0 atom stereocenters. The number of hydrogen-bond donors (Lipinski definition) is 9. The normalized spacial score (nSPS) is 15.3. The molecule has 2 aliphatic rings. The molecule has 1 aromatic heterocycles. The molecule has 1 aliphatic heterocycles. The van der Waals surface area contributed by atoms with Crippen LogP contribution in [-0.2, 0) is 16.1 Å². The van der Waals surface area contributed by atoms with Crippen LogP contribution >= 0.6 is 0 Å². The van der Waals surface area contributed by atoms with Gasteiger partial charge in [-0.15, -0.1) is 0 Å². The van der Waals surface area contributed by atoms with Crippen molar-refractivity contribution in [3.05, 3.63) is 69.6 Å². The first-order chi connectivity index (χ1) is 21.9. The number of rotatable bonds is 5. The molecule has 16 nitrogen and oxygen atoms in total. The number of aliphatic hydroxyl groups excluding tert-OH is 3. The van der Waals surface area contributed by atoms with Crippen molar-refractivity contribution in [3.63, 3.8) is 0 Å². The van der Waals surface area contributed by atoms with Crippen LogP contribution in [0.2, 0.25) is 0 Å². The molecule has 3 aromatic carbocycles. The minimum Gasteiger partial charge on any atom is -0.507 e. The van der Waals surface area contributed by atoms with Crippen molar-refractivity contribution in [2.45, 2.75) is 12.4 Å². The van der Waals surface area contributed by atoms with Crippen LogP contribution in [0, 0.1) is 0 Å². The maximum absolute atomic E-state index is 12.5. The van der Waals surface area contributed by atoms with Crippen LogP contribution in [0.3, 0.4) is 0 Å². The van der Waals surface area contributed by atoms with Gasteiger partial charge < -0.3 is 55.6 Å². The zero-order chi connectivity index (χ0) is 33.2. The fourth-order valence-electron chi connectivity index (χ4n) is 5.49. The Balaban J connectivity index is 1.67. The molecular formula is C30H24N4O12. The van der Waals surface area contributed by atoms with Gasteiger partial charge in [0, 0.05) is 16.7 Å². The predicted molar refractivity (Wildman–Crippen MR) is 159 cm³/mol. The number of ether oxygens (including phenoxy) is 2. The zero-order valence-corrected chi connectivity index (χ0v) is 23.9. The number of nitrogens with one attached hydrogen (secondary N) is 1. The third-order valence-electron chi connectivity index (χ3n) is 7.70. The number of aliphatic imine (C=N–C) groups is 1. The number of phenolic OH excluding ortho intramolecular Hbond substituents is 2. The van der Waals surface area contributed by atoms with Gasteiger partial charge in [-0.3, -0.25) is 0 Å². The maximum atomic E-state index is 12.5. The van der Waals surface area contributed by atoms with Crippen LogP contribution in [0.1, 0.15) is 31.8 Å². The van der Waals surface area contributed by atoms with Crippen LogP contribution in [0.25, 0.3) is 27.6 Å². The van der Waals surface area contributed by atoms with Gasteiger partial charge in [0.1, 0.15) is 51.1 Å². The number of aliphatic hydroxyl groups is 5. The minimum atomic E-state index is -3.28. The topological polar surface area (TPSA) is 265 Å². The third-order valence-corrected chi connectivity index (χ3v) is 7.70. The number of aromatic nitrogens is 2. The maximum Gasteiger partial charge on any atom is 0.340 e. The number of aromatic hydroxyl groups is 3. The lowest BCUT2D eigenvalue weighted by Crippen LogP contribution is -2.47. The second-order valence-corrected chi connectivity index (χ2v) is 10.2. The van der Waals surface area contributed by atoms with Crippen molar-refractivity contribution in [1.29, 1.82) is 0 Å². The number of phenols is 3. The molecule has 0 saturated heterocycles. The Hall–Kier alpha value is -5.81. The third kappa shape index (κ3) is 4.20. The Bertz CT molecular complexity index is 2130. The summed E-state index contributed by atoms with van der Waals surface area (Å²) in [5.41, 5.74) is -4.25. The molecule has 236 valence electrons. The fourth-order valence-corrected chi connectivity index (χ4v) is 5.49. The number of hydrogen-bond acceptors (Lipinski definition) is 16. The molecule has 9 N–H and O–H groups in total. The minimum absolute atomic E-state index is 0.0932. The zero-order valence-electron chi connectivity index (χ0n) is 23.9. The lowest BCUT2D eigenvalue weighted by atomic mass is 9.81. The van der Waals surface area contributed by atoms with Crippen LogP contribution in [0.15, 0.2) is 52.4 Å². The summed E-state index contributed by atoms with van der Waals surface area (Å²) in [5, 5.41) is 90.2. The molecule has 0 unspecified atom stereocenters. The number of benzene rings is 3. The summed E-state index contributed by atoms with van der Waals surface area (Å²) in [7, 11) is 2.23. The summed E-state index contributed by atoms with van der Waals surface area (Å²) in [6, 6.07) is 5.85. The monoisotopic (exact) mass is 632 g/mol. The molecule has 1 aliphatic carbocycles. The van der Waals surface area contributed by atoms with E-state index in [1.807, 2.05) is 0 Å². The van der Waals surface area contributed by atoms with Gasteiger partial charge in [-0.1, -0.05) is 0 Å². The van der Waals surface area contributed by atoms with Crippen LogP contribution < -0.4 is 5.32 Å². The standard InChI is InChI=1S/C30H24N4O12/c1-45-28(41)10-3-5-16(37)23-20(10)31-15-7-12(25(39)13(8-35)19(15)32-23)18-26(40)14(9-36)22-27(30(18,43)44)34-21-11(29(42)46-2)4-6-17(38)24(21)33-22/h3-7,33,35-40,43-44H,8-9H2,1-2H3. The van der Waals surface area contributed by atoms with Crippen molar-refractivity contribution in [1.82, 2.24) is 9.97 Å². The SMILES string of the molecule is COC(=O)c1ccc(O)c2c1N=C1C(=C(CO)C(O)=C(c3cc4nc5c(C(=O)OC)ccc(O)c5nc4c(CO)c3O)C1(O)O)N2. The largest absolute Gasteiger partial charge is 0.507 e. The molecule has 4 aromatic rings. The highest BCUT2D eigenvalue weighted by atomic mass is 16.5. The van der Waals surface area contributed by atoms with E-state index >= 15 is 0 Å². The second-order valence-electron chi connectivity index (χ2n) is 10.2. The number of carbonyl (C=O) groups is 2. The Morgan fingerprint density at radius 3 is 2.15 bits per heavy atom. The molecule has 46 heavy (non-hydrogen) atoms. The van der Waals surface area contributed by atoms with E-state index in [0.717, 1.165) is 26.4 Å². The van der Waals surface area contributed by atoms with Crippen molar-refractivity contribution in [3.8, 4) is 17.2 Å². The first-order valence-electron chi connectivity index (χ1n) is 13.3. The Morgan fingerprint density at radius 2 is 1.50 bits per heavy atom.